The van der Waals surface area contributed by atoms with E-state index in [9.17, 15) is 0 Å². The van der Waals surface area contributed by atoms with Gasteiger partial charge in [-0.2, -0.15) is 5.26 Å². The minimum atomic E-state index is 0.373. The minimum Gasteiger partial charge on any atom is -0.490 e. The summed E-state index contributed by atoms with van der Waals surface area (Å²) in [6, 6.07) is 7.83. The van der Waals surface area contributed by atoms with Gasteiger partial charge in [0.05, 0.1) is 5.69 Å². The van der Waals surface area contributed by atoms with Gasteiger partial charge < -0.3 is 4.74 Å². The highest BCUT2D eigenvalue weighted by molar-refractivity contribution is 5.98. The summed E-state index contributed by atoms with van der Waals surface area (Å²) in [7, 11) is 0. The van der Waals surface area contributed by atoms with Crippen molar-refractivity contribution in [2.45, 2.75) is 33.1 Å². The van der Waals surface area contributed by atoms with Crippen LogP contribution in [0.3, 0.4) is 0 Å². The van der Waals surface area contributed by atoms with E-state index in [2.05, 4.69) is 31.5 Å². The smallest absolute Gasteiger partial charge is 0.120 e. The van der Waals surface area contributed by atoms with Crippen molar-refractivity contribution in [3.63, 3.8) is 0 Å². The Bertz CT molecular complexity index is 512. The Hall–Kier alpha value is -2.08. The summed E-state index contributed by atoms with van der Waals surface area (Å²) in [4.78, 5) is 4.35. The number of benzene rings is 1. The van der Waals surface area contributed by atoms with E-state index in [0.29, 0.717) is 18.2 Å². The molecule has 0 aromatic heterocycles. The van der Waals surface area contributed by atoms with Gasteiger partial charge in [0.25, 0.3) is 0 Å². The fourth-order valence-electron chi connectivity index (χ4n) is 1.70. The van der Waals surface area contributed by atoms with Gasteiger partial charge in [-0.1, -0.05) is 26.5 Å². The highest BCUT2D eigenvalue weighted by atomic mass is 16.5. The molecule has 100 valence electrons. The molecule has 1 unspecified atom stereocenters. The van der Waals surface area contributed by atoms with E-state index in [1.807, 2.05) is 18.2 Å². The van der Waals surface area contributed by atoms with E-state index >= 15 is 0 Å². The Kier molecular flexibility index (Phi) is 5.81. The quantitative estimate of drug-likeness (QED) is 0.560. The molecule has 0 amide bonds. The molecule has 1 rings (SSSR count). The first-order valence-electron chi connectivity index (χ1n) is 6.45. The van der Waals surface area contributed by atoms with Crippen molar-refractivity contribution >= 4 is 11.4 Å². The number of hydrogen-bond acceptors (Lipinski definition) is 3. The lowest BCUT2D eigenvalue weighted by Gasteiger charge is -2.14. The molecule has 0 saturated heterocycles. The topological polar surface area (TPSA) is 45.4 Å². The number of aliphatic imine (C=N–C) groups is 1. The largest absolute Gasteiger partial charge is 0.490 e. The summed E-state index contributed by atoms with van der Waals surface area (Å²) >= 11 is 0. The number of rotatable bonds is 6. The summed E-state index contributed by atoms with van der Waals surface area (Å²) in [6.07, 6.45) is 2.73. The van der Waals surface area contributed by atoms with Crippen molar-refractivity contribution in [3.05, 3.63) is 36.4 Å². The lowest BCUT2D eigenvalue weighted by Crippen LogP contribution is -1.97. The number of ether oxygens (including phenoxy) is 1. The van der Waals surface area contributed by atoms with Crippen LogP contribution in [-0.2, 0) is 0 Å². The SMILES string of the molecule is C=CCOc1ccc(N=C(C)C#N)c(C(C)CC)c1. The van der Waals surface area contributed by atoms with Crippen LogP contribution in [-0.4, -0.2) is 12.3 Å². The van der Waals surface area contributed by atoms with Crippen LogP contribution in [0.15, 0.2) is 35.8 Å². The van der Waals surface area contributed by atoms with Gasteiger partial charge in [-0.15, -0.1) is 0 Å². The van der Waals surface area contributed by atoms with E-state index in [0.717, 1.165) is 23.4 Å². The van der Waals surface area contributed by atoms with Gasteiger partial charge in [0, 0.05) is 0 Å². The molecule has 3 heteroatoms. The second kappa shape index (κ2) is 7.38. The molecule has 3 nitrogen and oxygen atoms in total. The predicted octanol–water partition coefficient (Wildman–Crippen LogP) is 4.38. The van der Waals surface area contributed by atoms with Crippen LogP contribution >= 0.6 is 0 Å². The number of nitrogens with zero attached hydrogens (tertiary/aromatic N) is 2. The molecular weight excluding hydrogens is 236 g/mol. The lowest BCUT2D eigenvalue weighted by molar-refractivity contribution is 0.362. The third kappa shape index (κ3) is 4.26. The first-order valence-corrected chi connectivity index (χ1v) is 6.45. The Balaban J connectivity index is 3.17. The van der Waals surface area contributed by atoms with Crippen molar-refractivity contribution in [1.82, 2.24) is 0 Å². The predicted molar refractivity (Wildman–Crippen MR) is 79.2 cm³/mol. The van der Waals surface area contributed by atoms with Crippen molar-refractivity contribution < 1.29 is 4.74 Å². The third-order valence-corrected chi connectivity index (χ3v) is 2.96. The van der Waals surface area contributed by atoms with Crippen LogP contribution in [0.2, 0.25) is 0 Å². The second-order valence-corrected chi connectivity index (χ2v) is 4.44. The van der Waals surface area contributed by atoms with Gasteiger partial charge in [0.1, 0.15) is 24.1 Å². The van der Waals surface area contributed by atoms with E-state index < -0.39 is 0 Å². The van der Waals surface area contributed by atoms with Crippen LogP contribution in [0.5, 0.6) is 5.75 Å². The third-order valence-electron chi connectivity index (χ3n) is 2.96. The number of hydrogen-bond donors (Lipinski definition) is 0. The fraction of sp³-hybridized carbons (Fsp3) is 0.375. The van der Waals surface area contributed by atoms with E-state index in [4.69, 9.17) is 10.00 Å². The highest BCUT2D eigenvalue weighted by Gasteiger charge is 2.10. The summed E-state index contributed by atoms with van der Waals surface area (Å²) in [5.41, 5.74) is 2.42. The van der Waals surface area contributed by atoms with Crippen LogP contribution in [0, 0.1) is 11.3 Å². The molecule has 19 heavy (non-hydrogen) atoms. The zero-order valence-corrected chi connectivity index (χ0v) is 11.8. The molecule has 1 atom stereocenters. The maximum atomic E-state index is 8.84. The standard InChI is InChI=1S/C16H20N2O/c1-5-9-19-14-7-8-16(18-13(4)11-17)15(10-14)12(3)6-2/h5,7-8,10,12H,1,6,9H2,2-4H3. The molecule has 0 aliphatic carbocycles. The molecule has 0 N–H and O–H groups in total. The van der Waals surface area contributed by atoms with Gasteiger partial charge in [0.2, 0.25) is 0 Å². The van der Waals surface area contributed by atoms with Gasteiger partial charge in [-0.05, 0) is 43.0 Å². The first-order chi connectivity index (χ1) is 9.12. The van der Waals surface area contributed by atoms with Crippen LogP contribution < -0.4 is 4.74 Å². The molecule has 1 aromatic rings. The average molecular weight is 256 g/mol. The number of nitriles is 1. The molecule has 0 aliphatic heterocycles. The monoisotopic (exact) mass is 256 g/mol. The van der Waals surface area contributed by atoms with Gasteiger partial charge >= 0.3 is 0 Å². The Labute approximate surface area is 115 Å². The zero-order chi connectivity index (χ0) is 14.3. The van der Waals surface area contributed by atoms with Crippen molar-refractivity contribution in [2.24, 2.45) is 4.99 Å². The summed E-state index contributed by atoms with van der Waals surface area (Å²) in [5, 5.41) is 8.84. The lowest BCUT2D eigenvalue weighted by atomic mass is 9.96. The molecule has 0 radical (unpaired) electrons. The highest BCUT2D eigenvalue weighted by Crippen LogP contribution is 2.32. The van der Waals surface area contributed by atoms with Crippen LogP contribution in [0.25, 0.3) is 0 Å². The van der Waals surface area contributed by atoms with Crippen molar-refractivity contribution in [2.75, 3.05) is 6.61 Å². The molecule has 0 heterocycles. The van der Waals surface area contributed by atoms with Gasteiger partial charge in [-0.3, -0.25) is 0 Å². The molecule has 0 fully saturated rings. The van der Waals surface area contributed by atoms with Gasteiger partial charge in [-0.25, -0.2) is 4.99 Å². The van der Waals surface area contributed by atoms with Crippen molar-refractivity contribution in [3.8, 4) is 11.8 Å². The molecule has 0 bridgehead atoms. The van der Waals surface area contributed by atoms with Crippen LogP contribution in [0.4, 0.5) is 5.69 Å². The van der Waals surface area contributed by atoms with Gasteiger partial charge in [0.15, 0.2) is 0 Å². The van der Waals surface area contributed by atoms with E-state index in [1.54, 1.807) is 13.0 Å². The maximum Gasteiger partial charge on any atom is 0.120 e. The van der Waals surface area contributed by atoms with E-state index in [-0.39, 0.29) is 0 Å². The van der Waals surface area contributed by atoms with Crippen LogP contribution in [0.1, 0.15) is 38.7 Å². The first kappa shape index (κ1) is 15.0. The molecule has 0 saturated carbocycles. The summed E-state index contributed by atoms with van der Waals surface area (Å²) < 4.78 is 5.55. The molecular formula is C16H20N2O. The van der Waals surface area contributed by atoms with Crippen molar-refractivity contribution in [1.29, 1.82) is 5.26 Å². The summed E-state index contributed by atoms with van der Waals surface area (Å²) in [6.45, 7) is 10.1. The molecule has 0 spiro atoms. The fourth-order valence-corrected chi connectivity index (χ4v) is 1.70. The normalized spacial score (nSPS) is 12.6. The average Bonchev–Trinajstić information content (AvgIpc) is 2.45. The molecule has 1 aromatic carbocycles. The Morgan fingerprint density at radius 3 is 2.89 bits per heavy atom. The Morgan fingerprint density at radius 1 is 1.58 bits per heavy atom. The maximum absolute atomic E-state index is 8.84. The minimum absolute atomic E-state index is 0.373. The Morgan fingerprint density at radius 2 is 2.32 bits per heavy atom. The summed E-state index contributed by atoms with van der Waals surface area (Å²) in [5.74, 6) is 1.18. The second-order valence-electron chi connectivity index (χ2n) is 4.44. The zero-order valence-electron chi connectivity index (χ0n) is 11.8. The molecule has 0 aliphatic rings. The van der Waals surface area contributed by atoms with E-state index in [1.165, 1.54) is 0 Å².